The minimum absolute atomic E-state index is 0.199. The van der Waals surface area contributed by atoms with Crippen LogP contribution in [0, 0.1) is 18.3 Å². The Morgan fingerprint density at radius 1 is 1.39 bits per heavy atom. The van der Waals surface area contributed by atoms with Crippen LogP contribution in [0.25, 0.3) is 0 Å². The number of carbonyl (C=O) groups is 1. The summed E-state index contributed by atoms with van der Waals surface area (Å²) in [7, 11) is 1.64. The Kier molecular flexibility index (Phi) is 3.16. The van der Waals surface area contributed by atoms with Crippen LogP contribution in [0.15, 0.2) is 41.0 Å². The molecule has 0 fully saturated rings. The van der Waals surface area contributed by atoms with Gasteiger partial charge in [0.05, 0.1) is 16.8 Å². The Hall–Kier alpha value is -2.54. The van der Waals surface area contributed by atoms with Gasteiger partial charge in [-0.3, -0.25) is 4.79 Å². The van der Waals surface area contributed by atoms with Crippen LogP contribution in [0.1, 0.15) is 21.7 Å². The molecule has 0 aliphatic heterocycles. The molecule has 1 amide bonds. The molecule has 0 spiro atoms. The van der Waals surface area contributed by atoms with E-state index in [0.717, 1.165) is 0 Å². The number of furan rings is 1. The van der Waals surface area contributed by atoms with E-state index in [9.17, 15) is 4.79 Å². The number of anilines is 1. The molecule has 0 atom stereocenters. The summed E-state index contributed by atoms with van der Waals surface area (Å²) in [5.74, 6) is 0.481. The monoisotopic (exact) mass is 240 g/mol. The summed E-state index contributed by atoms with van der Waals surface area (Å²) in [6.45, 7) is 1.78. The molecule has 0 saturated heterocycles. The van der Waals surface area contributed by atoms with Gasteiger partial charge in [-0.15, -0.1) is 0 Å². The average Bonchev–Trinajstić information content (AvgIpc) is 2.83. The van der Waals surface area contributed by atoms with Gasteiger partial charge < -0.3 is 9.32 Å². The summed E-state index contributed by atoms with van der Waals surface area (Å²) in [5.41, 5.74) is 1.53. The summed E-state index contributed by atoms with van der Waals surface area (Å²) < 4.78 is 5.12. The third-order valence-corrected chi connectivity index (χ3v) is 2.67. The van der Waals surface area contributed by atoms with Crippen molar-refractivity contribution in [2.45, 2.75) is 6.92 Å². The molecule has 90 valence electrons. The van der Waals surface area contributed by atoms with Crippen LogP contribution in [-0.2, 0) is 0 Å². The molecular weight excluding hydrogens is 228 g/mol. The third-order valence-electron chi connectivity index (χ3n) is 2.67. The first-order chi connectivity index (χ1) is 8.63. The Balaban J connectivity index is 2.34. The molecule has 18 heavy (non-hydrogen) atoms. The number of hydrogen-bond acceptors (Lipinski definition) is 3. The molecule has 2 aromatic rings. The van der Waals surface area contributed by atoms with Crippen molar-refractivity contribution in [2.75, 3.05) is 11.9 Å². The molecule has 0 saturated carbocycles. The van der Waals surface area contributed by atoms with Crippen LogP contribution in [0.2, 0.25) is 0 Å². The lowest BCUT2D eigenvalue weighted by atomic mass is 10.1. The molecule has 1 heterocycles. The standard InChI is InChI=1S/C14H12N2O2/c1-10-7-12(9-18-10)14(17)16(2)13-6-4-3-5-11(13)8-15/h3-7,9H,1-2H3. The normalized spacial score (nSPS) is 9.83. The van der Waals surface area contributed by atoms with Gasteiger partial charge in [0.1, 0.15) is 18.1 Å². The fraction of sp³-hybridized carbons (Fsp3) is 0.143. The molecule has 0 N–H and O–H groups in total. The van der Waals surface area contributed by atoms with Crippen LogP contribution in [0.4, 0.5) is 5.69 Å². The van der Waals surface area contributed by atoms with Gasteiger partial charge in [-0.2, -0.15) is 5.26 Å². The molecule has 0 bridgehead atoms. The van der Waals surface area contributed by atoms with Crippen molar-refractivity contribution in [1.82, 2.24) is 0 Å². The number of rotatable bonds is 2. The van der Waals surface area contributed by atoms with Crippen molar-refractivity contribution < 1.29 is 9.21 Å². The fourth-order valence-corrected chi connectivity index (χ4v) is 1.72. The van der Waals surface area contributed by atoms with Crippen LogP contribution in [-0.4, -0.2) is 13.0 Å². The maximum absolute atomic E-state index is 12.2. The van der Waals surface area contributed by atoms with Gasteiger partial charge in [0, 0.05) is 7.05 Å². The van der Waals surface area contributed by atoms with Gasteiger partial charge >= 0.3 is 0 Å². The van der Waals surface area contributed by atoms with Crippen LogP contribution in [0.5, 0.6) is 0 Å². The summed E-state index contributed by atoms with van der Waals surface area (Å²) in [6.07, 6.45) is 1.42. The number of carbonyl (C=O) groups excluding carboxylic acids is 1. The SMILES string of the molecule is Cc1cc(C(=O)N(C)c2ccccc2C#N)co1. The van der Waals surface area contributed by atoms with Crippen molar-refractivity contribution in [2.24, 2.45) is 0 Å². The second-order valence-electron chi connectivity index (χ2n) is 3.94. The van der Waals surface area contributed by atoms with Gasteiger partial charge in [0.25, 0.3) is 5.91 Å². The summed E-state index contributed by atoms with van der Waals surface area (Å²) in [5, 5.41) is 9.02. The van der Waals surface area contributed by atoms with E-state index in [-0.39, 0.29) is 5.91 Å². The number of nitrogens with zero attached hydrogens (tertiary/aromatic N) is 2. The summed E-state index contributed by atoms with van der Waals surface area (Å²) in [4.78, 5) is 13.6. The van der Waals surface area contributed by atoms with Gasteiger partial charge in [-0.05, 0) is 25.1 Å². The highest BCUT2D eigenvalue weighted by Gasteiger charge is 2.17. The van der Waals surface area contributed by atoms with E-state index in [2.05, 4.69) is 6.07 Å². The number of benzene rings is 1. The molecule has 0 aliphatic rings. The van der Waals surface area contributed by atoms with E-state index in [1.165, 1.54) is 11.2 Å². The van der Waals surface area contributed by atoms with E-state index < -0.39 is 0 Å². The highest BCUT2D eigenvalue weighted by Crippen LogP contribution is 2.20. The molecule has 0 aliphatic carbocycles. The second-order valence-corrected chi connectivity index (χ2v) is 3.94. The van der Waals surface area contributed by atoms with Crippen molar-refractivity contribution in [3.05, 3.63) is 53.5 Å². The van der Waals surface area contributed by atoms with E-state index >= 15 is 0 Å². The van der Waals surface area contributed by atoms with E-state index in [1.807, 2.05) is 0 Å². The number of para-hydroxylation sites is 1. The Morgan fingerprint density at radius 2 is 2.11 bits per heavy atom. The van der Waals surface area contributed by atoms with Crippen molar-refractivity contribution >= 4 is 11.6 Å². The Morgan fingerprint density at radius 3 is 2.72 bits per heavy atom. The molecular formula is C14H12N2O2. The Bertz CT molecular complexity index is 623. The molecule has 0 radical (unpaired) electrons. The average molecular weight is 240 g/mol. The molecule has 4 heteroatoms. The Labute approximate surface area is 105 Å². The lowest BCUT2D eigenvalue weighted by Gasteiger charge is -2.17. The van der Waals surface area contributed by atoms with Gasteiger partial charge in [0.15, 0.2) is 0 Å². The fourth-order valence-electron chi connectivity index (χ4n) is 1.72. The zero-order valence-corrected chi connectivity index (χ0v) is 10.2. The van der Waals surface area contributed by atoms with Crippen molar-refractivity contribution in [3.8, 4) is 6.07 Å². The van der Waals surface area contributed by atoms with E-state index in [4.69, 9.17) is 9.68 Å². The molecule has 1 aromatic carbocycles. The highest BCUT2D eigenvalue weighted by atomic mass is 16.3. The van der Waals surface area contributed by atoms with Crippen LogP contribution >= 0.6 is 0 Å². The topological polar surface area (TPSA) is 57.2 Å². The van der Waals surface area contributed by atoms with Crippen LogP contribution in [0.3, 0.4) is 0 Å². The second kappa shape index (κ2) is 4.76. The maximum atomic E-state index is 12.2. The minimum Gasteiger partial charge on any atom is -0.469 e. The van der Waals surface area contributed by atoms with Gasteiger partial charge in [-0.1, -0.05) is 12.1 Å². The zero-order chi connectivity index (χ0) is 13.1. The predicted molar refractivity (Wildman–Crippen MR) is 67.3 cm³/mol. The van der Waals surface area contributed by atoms with Crippen molar-refractivity contribution in [3.63, 3.8) is 0 Å². The molecule has 2 rings (SSSR count). The number of amides is 1. The van der Waals surface area contributed by atoms with Gasteiger partial charge in [-0.25, -0.2) is 0 Å². The molecule has 0 unspecified atom stereocenters. The first-order valence-electron chi connectivity index (χ1n) is 5.46. The van der Waals surface area contributed by atoms with Crippen LogP contribution < -0.4 is 4.90 Å². The number of aryl methyl sites for hydroxylation is 1. The first kappa shape index (κ1) is 11.9. The zero-order valence-electron chi connectivity index (χ0n) is 10.2. The summed E-state index contributed by atoms with van der Waals surface area (Å²) in [6, 6.07) is 10.7. The first-order valence-corrected chi connectivity index (χ1v) is 5.46. The van der Waals surface area contributed by atoms with Gasteiger partial charge in [0.2, 0.25) is 0 Å². The highest BCUT2D eigenvalue weighted by molar-refractivity contribution is 6.06. The quantitative estimate of drug-likeness (QED) is 0.811. The minimum atomic E-state index is -0.199. The maximum Gasteiger partial charge on any atom is 0.261 e. The van der Waals surface area contributed by atoms with E-state index in [1.54, 1.807) is 44.3 Å². The smallest absolute Gasteiger partial charge is 0.261 e. The van der Waals surface area contributed by atoms with Crippen molar-refractivity contribution in [1.29, 1.82) is 5.26 Å². The summed E-state index contributed by atoms with van der Waals surface area (Å²) >= 11 is 0. The molecule has 4 nitrogen and oxygen atoms in total. The predicted octanol–water partition coefficient (Wildman–Crippen LogP) is 2.74. The lowest BCUT2D eigenvalue weighted by Crippen LogP contribution is -2.26. The lowest BCUT2D eigenvalue weighted by molar-refractivity contribution is 0.0992. The molecule has 1 aromatic heterocycles. The largest absolute Gasteiger partial charge is 0.469 e. The number of hydrogen-bond donors (Lipinski definition) is 0. The third kappa shape index (κ3) is 2.11. The van der Waals surface area contributed by atoms with E-state index in [0.29, 0.717) is 22.6 Å². The number of nitriles is 1.